The summed E-state index contributed by atoms with van der Waals surface area (Å²) in [5.74, 6) is 0.517. The first-order chi connectivity index (χ1) is 21.2. The summed E-state index contributed by atoms with van der Waals surface area (Å²) in [5, 5.41) is 15.5. The molecule has 1 saturated carbocycles. The minimum absolute atomic E-state index is 0.154. The molecule has 0 spiro atoms. The van der Waals surface area contributed by atoms with Crippen LogP contribution in [-0.4, -0.2) is 40.1 Å². The highest BCUT2D eigenvalue weighted by Gasteiger charge is 2.37. The Morgan fingerprint density at radius 2 is 1.55 bits per heavy atom. The first-order valence-corrected chi connectivity index (χ1v) is 16.9. The molecule has 10 nitrogen and oxygen atoms in total. The summed E-state index contributed by atoms with van der Waals surface area (Å²) >= 11 is 11.4. The lowest BCUT2D eigenvalue weighted by molar-refractivity contribution is 0.548. The number of rotatable bonds is 9. The number of anilines is 2. The summed E-state index contributed by atoms with van der Waals surface area (Å²) in [6.45, 7) is 4.29. The molecule has 0 radical (unpaired) electrons. The zero-order valence-electron chi connectivity index (χ0n) is 24.4. The van der Waals surface area contributed by atoms with Crippen molar-refractivity contribution in [3.05, 3.63) is 84.2 Å². The number of nitrogens with one attached hydrogen (secondary N) is 5. The largest absolute Gasteiger partial charge is 0.356 e. The van der Waals surface area contributed by atoms with Gasteiger partial charge in [0.25, 0.3) is 0 Å². The Morgan fingerprint density at radius 3 is 2.11 bits per heavy atom. The van der Waals surface area contributed by atoms with Crippen LogP contribution >= 0.6 is 24.4 Å². The van der Waals surface area contributed by atoms with Gasteiger partial charge in [-0.05, 0) is 97.1 Å². The van der Waals surface area contributed by atoms with E-state index in [1.807, 2.05) is 50.4 Å². The van der Waals surface area contributed by atoms with Crippen LogP contribution in [0.3, 0.4) is 0 Å². The van der Waals surface area contributed by atoms with Crippen molar-refractivity contribution in [2.75, 3.05) is 17.2 Å². The summed E-state index contributed by atoms with van der Waals surface area (Å²) in [7, 11) is -3.84. The monoisotopic (exact) mass is 646 g/mol. The normalized spacial score (nSPS) is 17.7. The molecular formula is C31H34N8O2S3. The van der Waals surface area contributed by atoms with E-state index < -0.39 is 10.0 Å². The molecule has 4 aromatic rings. The third-order valence-electron chi connectivity index (χ3n) is 7.69. The maximum atomic E-state index is 13.8. The Labute approximate surface area is 267 Å². The molecule has 6 rings (SSSR count). The molecule has 0 saturated heterocycles. The van der Waals surface area contributed by atoms with Gasteiger partial charge in [0, 0.05) is 47.5 Å². The molecule has 1 fully saturated rings. The minimum Gasteiger partial charge on any atom is -0.356 e. The number of thiocarbonyl (C=S) groups is 2. The highest BCUT2D eigenvalue weighted by Crippen LogP contribution is 2.46. The molecule has 0 amide bonds. The van der Waals surface area contributed by atoms with Crippen LogP contribution in [0.2, 0.25) is 0 Å². The molecule has 2 aliphatic carbocycles. The average molecular weight is 647 g/mol. The quantitative estimate of drug-likeness (QED) is 0.152. The summed E-state index contributed by atoms with van der Waals surface area (Å²) in [5.41, 5.74) is 4.19. The number of pyridine rings is 3. The van der Waals surface area contributed by atoms with Crippen LogP contribution in [0.15, 0.2) is 72.3 Å². The lowest BCUT2D eigenvalue weighted by Crippen LogP contribution is -2.34. The van der Waals surface area contributed by atoms with E-state index in [2.05, 4.69) is 36.0 Å². The number of hydrogen-bond acceptors (Lipinski definition) is 7. The third-order valence-corrected chi connectivity index (χ3v) is 9.59. The van der Waals surface area contributed by atoms with E-state index in [1.54, 1.807) is 30.9 Å². The fraction of sp³-hybridized carbons (Fsp3) is 0.323. The van der Waals surface area contributed by atoms with Crippen LogP contribution in [0.5, 0.6) is 0 Å². The van der Waals surface area contributed by atoms with E-state index in [9.17, 15) is 8.42 Å². The molecule has 1 aromatic carbocycles. The third kappa shape index (κ3) is 6.80. The van der Waals surface area contributed by atoms with Crippen molar-refractivity contribution >= 4 is 66.8 Å². The number of hydrogen-bond donors (Lipinski definition) is 5. The molecule has 3 aromatic heterocycles. The van der Waals surface area contributed by atoms with Gasteiger partial charge in [-0.25, -0.2) is 13.1 Å². The molecule has 44 heavy (non-hydrogen) atoms. The summed E-state index contributed by atoms with van der Waals surface area (Å²) in [4.78, 5) is 13.3. The summed E-state index contributed by atoms with van der Waals surface area (Å²) in [6, 6.07) is 10.6. The Balaban J connectivity index is 1.41. The molecule has 13 heteroatoms. The van der Waals surface area contributed by atoms with Gasteiger partial charge in [0.1, 0.15) is 0 Å². The van der Waals surface area contributed by atoms with Crippen molar-refractivity contribution in [1.82, 2.24) is 30.3 Å². The maximum absolute atomic E-state index is 13.8. The van der Waals surface area contributed by atoms with Crippen LogP contribution in [0.25, 0.3) is 10.8 Å². The second-order valence-corrected chi connectivity index (χ2v) is 14.1. The SMILES string of the molecule is CC(C)CNS(=O)(=O)c1cc2c(c3cnc(C4CC4)cc13)[C@H](NC(=S)Nc1cccnc1)C[C@H]2NC(=S)Nc1cccnc1. The van der Waals surface area contributed by atoms with Gasteiger partial charge in [0.05, 0.1) is 40.7 Å². The highest BCUT2D eigenvalue weighted by atomic mass is 32.2. The van der Waals surface area contributed by atoms with Gasteiger partial charge < -0.3 is 21.3 Å². The van der Waals surface area contributed by atoms with Crippen LogP contribution in [0.1, 0.15) is 67.9 Å². The van der Waals surface area contributed by atoms with Gasteiger partial charge >= 0.3 is 0 Å². The van der Waals surface area contributed by atoms with E-state index in [4.69, 9.17) is 29.4 Å². The van der Waals surface area contributed by atoms with Crippen molar-refractivity contribution in [2.24, 2.45) is 5.92 Å². The lowest BCUT2D eigenvalue weighted by atomic mass is 9.98. The molecule has 0 bridgehead atoms. The summed E-state index contributed by atoms with van der Waals surface area (Å²) in [6.07, 6.45) is 11.3. The molecule has 0 unspecified atom stereocenters. The molecular weight excluding hydrogens is 613 g/mol. The topological polar surface area (TPSA) is 133 Å². The molecule has 2 atom stereocenters. The number of benzene rings is 1. The van der Waals surface area contributed by atoms with E-state index in [1.165, 1.54) is 0 Å². The predicted octanol–water partition coefficient (Wildman–Crippen LogP) is 5.30. The van der Waals surface area contributed by atoms with Crippen LogP contribution < -0.4 is 26.0 Å². The van der Waals surface area contributed by atoms with E-state index in [0.29, 0.717) is 34.5 Å². The number of sulfonamides is 1. The number of fused-ring (bicyclic) bond motifs is 3. The standard InChI is InChI=1S/C31H34N8O2S3/c1-18(2)14-35-44(40,41)28-12-23-26(38-30(42)36-20-5-3-9-32-15-20)13-27(39-31(43)37-21-6-4-10-33-16-21)29(23)24-17-34-25(11-22(24)28)19-7-8-19/h3-6,9-12,15-19,26-27,35H,7-8,13-14H2,1-2H3,(H2,36,38,42)(H2,37,39,43)/t26-,27-/m1/s1. The predicted molar refractivity (Wildman–Crippen MR) is 181 cm³/mol. The van der Waals surface area contributed by atoms with Gasteiger partial charge in [-0.1, -0.05) is 13.8 Å². The first-order valence-electron chi connectivity index (χ1n) is 14.6. The van der Waals surface area contributed by atoms with Gasteiger partial charge in [-0.2, -0.15) is 0 Å². The Kier molecular flexibility index (Phi) is 8.72. The summed E-state index contributed by atoms with van der Waals surface area (Å²) < 4.78 is 30.5. The van der Waals surface area contributed by atoms with Gasteiger partial charge in [0.15, 0.2) is 10.2 Å². The minimum atomic E-state index is -3.84. The lowest BCUT2D eigenvalue weighted by Gasteiger charge is -2.20. The number of nitrogens with zero attached hydrogens (tertiary/aromatic N) is 3. The first kappa shape index (κ1) is 30.3. The Bertz CT molecular complexity index is 1800. The van der Waals surface area contributed by atoms with Gasteiger partial charge in [-0.15, -0.1) is 0 Å². The maximum Gasteiger partial charge on any atom is 0.241 e. The van der Waals surface area contributed by atoms with Crippen LogP contribution in [0, 0.1) is 5.92 Å². The molecule has 5 N–H and O–H groups in total. The highest BCUT2D eigenvalue weighted by molar-refractivity contribution is 7.89. The van der Waals surface area contributed by atoms with E-state index >= 15 is 0 Å². The van der Waals surface area contributed by atoms with Crippen molar-refractivity contribution in [3.8, 4) is 0 Å². The van der Waals surface area contributed by atoms with Crippen molar-refractivity contribution in [3.63, 3.8) is 0 Å². The van der Waals surface area contributed by atoms with Crippen molar-refractivity contribution in [2.45, 2.75) is 56.0 Å². The Hall–Kier alpha value is -3.78. The van der Waals surface area contributed by atoms with Crippen molar-refractivity contribution in [1.29, 1.82) is 0 Å². The fourth-order valence-corrected chi connectivity index (χ4v) is 7.44. The fourth-order valence-electron chi connectivity index (χ4n) is 5.47. The second-order valence-electron chi connectivity index (χ2n) is 11.6. The molecule has 228 valence electrons. The van der Waals surface area contributed by atoms with Gasteiger partial charge in [0.2, 0.25) is 10.0 Å². The zero-order chi connectivity index (χ0) is 30.8. The average Bonchev–Trinajstić information content (AvgIpc) is 3.80. The number of aromatic nitrogens is 3. The second kappa shape index (κ2) is 12.7. The Morgan fingerprint density at radius 1 is 0.909 bits per heavy atom. The van der Waals surface area contributed by atoms with Crippen LogP contribution in [-0.2, 0) is 10.0 Å². The molecule has 0 aliphatic heterocycles. The van der Waals surface area contributed by atoms with E-state index in [-0.39, 0.29) is 22.9 Å². The van der Waals surface area contributed by atoms with Crippen molar-refractivity contribution < 1.29 is 8.42 Å². The smallest absolute Gasteiger partial charge is 0.241 e. The molecule has 2 aliphatic rings. The van der Waals surface area contributed by atoms with Gasteiger partial charge in [-0.3, -0.25) is 15.0 Å². The van der Waals surface area contributed by atoms with Crippen LogP contribution in [0.4, 0.5) is 11.4 Å². The molecule has 3 heterocycles. The van der Waals surface area contributed by atoms with E-state index in [0.717, 1.165) is 46.4 Å². The zero-order valence-corrected chi connectivity index (χ0v) is 26.8.